The van der Waals surface area contributed by atoms with Crippen molar-refractivity contribution < 1.29 is 17.9 Å². The maximum atomic E-state index is 12.8. The van der Waals surface area contributed by atoms with Gasteiger partial charge in [0.15, 0.2) is 0 Å². The molecule has 1 aliphatic heterocycles. The molecule has 4 nitrogen and oxygen atoms in total. The normalized spacial score (nSPS) is 15.8. The second-order valence-corrected chi connectivity index (χ2v) is 5.75. The molecule has 0 atom stereocenters. The van der Waals surface area contributed by atoms with Gasteiger partial charge in [0.1, 0.15) is 11.6 Å². The van der Waals surface area contributed by atoms with Crippen LogP contribution in [0.1, 0.15) is 22.6 Å². The van der Waals surface area contributed by atoms with E-state index in [2.05, 4.69) is 14.9 Å². The Morgan fingerprint density at radius 1 is 1.08 bits per heavy atom. The van der Waals surface area contributed by atoms with Crippen molar-refractivity contribution in [2.45, 2.75) is 13.1 Å². The summed E-state index contributed by atoms with van der Waals surface area (Å²) >= 11 is 0. The summed E-state index contributed by atoms with van der Waals surface area (Å²) in [7, 11) is 0. The summed E-state index contributed by atoms with van der Waals surface area (Å²) in [4.78, 5) is 10.9. The van der Waals surface area contributed by atoms with Gasteiger partial charge in [-0.05, 0) is 30.7 Å². The number of hydrogen-bond acceptors (Lipinski definition) is 4. The van der Waals surface area contributed by atoms with E-state index in [1.165, 1.54) is 6.07 Å². The van der Waals surface area contributed by atoms with E-state index in [1.807, 2.05) is 6.07 Å². The van der Waals surface area contributed by atoms with Crippen LogP contribution in [0, 0.1) is 6.92 Å². The number of aromatic nitrogens is 2. The quantitative estimate of drug-likeness (QED) is 0.845. The van der Waals surface area contributed by atoms with Crippen LogP contribution in [0.15, 0.2) is 30.3 Å². The van der Waals surface area contributed by atoms with Crippen LogP contribution >= 0.6 is 0 Å². The Morgan fingerprint density at radius 2 is 1.84 bits per heavy atom. The van der Waals surface area contributed by atoms with Crippen molar-refractivity contribution in [3.63, 3.8) is 0 Å². The van der Waals surface area contributed by atoms with Gasteiger partial charge >= 0.3 is 6.18 Å². The zero-order valence-electron chi connectivity index (χ0n) is 13.8. The van der Waals surface area contributed by atoms with Gasteiger partial charge in [0.05, 0.1) is 24.5 Å². The topological polar surface area (TPSA) is 38.2 Å². The van der Waals surface area contributed by atoms with E-state index < -0.39 is 11.7 Å². The van der Waals surface area contributed by atoms with Gasteiger partial charge in [0, 0.05) is 19.2 Å². The SMILES string of the molecule is Cc1nc(C=Cc2cccc(C(F)(F)F)c2)cc(N2CCOCC2)n1. The molecule has 2 heterocycles. The molecular weight excluding hydrogens is 331 g/mol. The number of hydrogen-bond donors (Lipinski definition) is 0. The minimum absolute atomic E-state index is 0.471. The van der Waals surface area contributed by atoms with Gasteiger partial charge in [0.25, 0.3) is 0 Å². The fourth-order valence-electron chi connectivity index (χ4n) is 2.61. The second kappa shape index (κ2) is 7.23. The van der Waals surface area contributed by atoms with Crippen molar-refractivity contribution in [3.8, 4) is 0 Å². The Bertz CT molecular complexity index is 768. The minimum Gasteiger partial charge on any atom is -0.378 e. The van der Waals surface area contributed by atoms with Crippen LogP contribution in [0.3, 0.4) is 0 Å². The third-order valence-electron chi connectivity index (χ3n) is 3.84. The predicted molar refractivity (Wildman–Crippen MR) is 90.2 cm³/mol. The molecule has 0 saturated carbocycles. The molecule has 0 N–H and O–H groups in total. The van der Waals surface area contributed by atoms with Crippen molar-refractivity contribution in [1.29, 1.82) is 0 Å². The lowest BCUT2D eigenvalue weighted by atomic mass is 10.1. The van der Waals surface area contributed by atoms with E-state index in [1.54, 1.807) is 25.1 Å². The summed E-state index contributed by atoms with van der Waals surface area (Å²) < 4.78 is 43.7. The van der Waals surface area contributed by atoms with Crippen LogP contribution in [-0.2, 0) is 10.9 Å². The zero-order valence-corrected chi connectivity index (χ0v) is 13.8. The molecule has 7 heteroatoms. The number of alkyl halides is 3. The Labute approximate surface area is 144 Å². The highest BCUT2D eigenvalue weighted by Crippen LogP contribution is 2.29. The zero-order chi connectivity index (χ0) is 17.9. The minimum atomic E-state index is -4.35. The van der Waals surface area contributed by atoms with Crippen LogP contribution in [0.4, 0.5) is 19.0 Å². The molecule has 132 valence electrons. The van der Waals surface area contributed by atoms with E-state index in [0.717, 1.165) is 31.0 Å². The summed E-state index contributed by atoms with van der Waals surface area (Å²) in [5, 5.41) is 0. The van der Waals surface area contributed by atoms with Gasteiger partial charge in [-0.3, -0.25) is 0 Å². The van der Waals surface area contributed by atoms with Gasteiger partial charge in [-0.1, -0.05) is 18.2 Å². The first-order chi connectivity index (χ1) is 11.9. The van der Waals surface area contributed by atoms with Gasteiger partial charge in [-0.25, -0.2) is 9.97 Å². The second-order valence-electron chi connectivity index (χ2n) is 5.75. The molecular formula is C18H18F3N3O. The van der Waals surface area contributed by atoms with E-state index in [9.17, 15) is 13.2 Å². The van der Waals surface area contributed by atoms with Gasteiger partial charge < -0.3 is 9.64 Å². The first-order valence-corrected chi connectivity index (χ1v) is 7.95. The fourth-order valence-corrected chi connectivity index (χ4v) is 2.61. The van der Waals surface area contributed by atoms with Gasteiger partial charge in [-0.15, -0.1) is 0 Å². The number of ether oxygens (including phenoxy) is 1. The number of anilines is 1. The molecule has 2 aromatic rings. The van der Waals surface area contributed by atoms with Crippen molar-refractivity contribution >= 4 is 18.0 Å². The molecule has 0 aliphatic carbocycles. The van der Waals surface area contributed by atoms with E-state index >= 15 is 0 Å². The van der Waals surface area contributed by atoms with E-state index in [4.69, 9.17) is 4.74 Å². The summed E-state index contributed by atoms with van der Waals surface area (Å²) in [5.74, 6) is 1.42. The molecule has 0 amide bonds. The standard InChI is InChI=1S/C18H18F3N3O/c1-13-22-16(12-17(23-13)24-7-9-25-10-8-24)6-5-14-3-2-4-15(11-14)18(19,20)21/h2-6,11-12H,7-10H2,1H3. The van der Waals surface area contributed by atoms with Gasteiger partial charge in [-0.2, -0.15) is 13.2 Å². The Kier molecular flexibility index (Phi) is 5.03. The molecule has 3 rings (SSSR count). The molecule has 1 fully saturated rings. The Hall–Kier alpha value is -2.41. The predicted octanol–water partition coefficient (Wildman–Crippen LogP) is 3.81. The molecule has 1 saturated heterocycles. The Morgan fingerprint density at radius 3 is 2.56 bits per heavy atom. The van der Waals surface area contributed by atoms with Crippen LogP contribution in [0.5, 0.6) is 0 Å². The highest BCUT2D eigenvalue weighted by molar-refractivity contribution is 5.69. The first-order valence-electron chi connectivity index (χ1n) is 7.95. The molecule has 25 heavy (non-hydrogen) atoms. The average molecular weight is 349 g/mol. The maximum absolute atomic E-state index is 12.8. The lowest BCUT2D eigenvalue weighted by Crippen LogP contribution is -2.36. The lowest BCUT2D eigenvalue weighted by molar-refractivity contribution is -0.137. The summed E-state index contributed by atoms with van der Waals surface area (Å²) in [6, 6.07) is 7.04. The third-order valence-corrected chi connectivity index (χ3v) is 3.84. The summed E-state index contributed by atoms with van der Waals surface area (Å²) in [6.45, 7) is 4.61. The van der Waals surface area contributed by atoms with Crippen molar-refractivity contribution in [3.05, 3.63) is 53.0 Å². The number of halogens is 3. The molecule has 0 radical (unpaired) electrons. The van der Waals surface area contributed by atoms with Crippen LogP contribution in [0.2, 0.25) is 0 Å². The maximum Gasteiger partial charge on any atom is 0.416 e. The highest BCUT2D eigenvalue weighted by atomic mass is 19.4. The number of benzene rings is 1. The largest absolute Gasteiger partial charge is 0.416 e. The number of rotatable bonds is 3. The summed E-state index contributed by atoms with van der Waals surface area (Å²) in [6.07, 6.45) is -1.02. The monoisotopic (exact) mass is 349 g/mol. The van der Waals surface area contributed by atoms with Crippen LogP contribution in [-0.4, -0.2) is 36.3 Å². The highest BCUT2D eigenvalue weighted by Gasteiger charge is 2.30. The van der Waals surface area contributed by atoms with Crippen LogP contribution < -0.4 is 4.90 Å². The molecule has 1 aromatic carbocycles. The third kappa shape index (κ3) is 4.57. The smallest absolute Gasteiger partial charge is 0.378 e. The fraction of sp³-hybridized carbons (Fsp3) is 0.333. The molecule has 1 aliphatic rings. The molecule has 0 bridgehead atoms. The first kappa shape index (κ1) is 17.4. The molecule has 0 unspecified atom stereocenters. The molecule has 1 aromatic heterocycles. The van der Waals surface area contributed by atoms with Crippen LogP contribution in [0.25, 0.3) is 12.2 Å². The lowest BCUT2D eigenvalue weighted by Gasteiger charge is -2.28. The van der Waals surface area contributed by atoms with Gasteiger partial charge in [0.2, 0.25) is 0 Å². The number of morpholine rings is 1. The van der Waals surface area contributed by atoms with E-state index in [-0.39, 0.29) is 0 Å². The summed E-state index contributed by atoms with van der Waals surface area (Å²) in [5.41, 5.74) is 0.466. The average Bonchev–Trinajstić information content (AvgIpc) is 2.60. The Balaban J connectivity index is 1.82. The number of aryl methyl sites for hydroxylation is 1. The van der Waals surface area contributed by atoms with Crippen molar-refractivity contribution in [1.82, 2.24) is 9.97 Å². The molecule has 0 spiro atoms. The van der Waals surface area contributed by atoms with E-state index in [0.29, 0.717) is 30.3 Å². The van der Waals surface area contributed by atoms with Crippen molar-refractivity contribution in [2.24, 2.45) is 0 Å². The van der Waals surface area contributed by atoms with Crippen molar-refractivity contribution in [2.75, 3.05) is 31.2 Å². The number of nitrogens with zero attached hydrogens (tertiary/aromatic N) is 3.